The normalized spacial score (nSPS) is 14.3. The van der Waals surface area contributed by atoms with Gasteiger partial charge in [0.2, 0.25) is 0 Å². The number of unbranched alkanes of at least 4 members (excludes halogenated alkanes) is 1. The molecule has 6 aliphatic rings. The largest absolute Gasteiger partial charge is 0.508 e. The maximum atomic E-state index is 11.9. The van der Waals surface area contributed by atoms with Gasteiger partial charge >= 0.3 is 29.9 Å². The summed E-state index contributed by atoms with van der Waals surface area (Å²) >= 11 is 6.46. The van der Waals surface area contributed by atoms with Crippen molar-refractivity contribution in [1.29, 1.82) is 0 Å². The minimum absolute atomic E-state index is 0.0102. The Morgan fingerprint density at radius 3 is 1.64 bits per heavy atom. The van der Waals surface area contributed by atoms with Crippen LogP contribution in [-0.4, -0.2) is 110 Å². The number of aromatic carboxylic acids is 3. The van der Waals surface area contributed by atoms with Crippen molar-refractivity contribution in [2.24, 2.45) is 4.99 Å². The van der Waals surface area contributed by atoms with Crippen LogP contribution in [0.3, 0.4) is 0 Å². The molecular weight excluding hydrogens is 1190 g/mol. The summed E-state index contributed by atoms with van der Waals surface area (Å²) in [5.41, 5.74) is 2.40. The molecule has 3 unspecified atom stereocenters. The molecule has 3 atom stereocenters. The van der Waals surface area contributed by atoms with Crippen LogP contribution >= 0.6 is 24.0 Å². The Bertz CT molecular complexity index is 4270. The number of carbonyl (C=O) groups is 6. The maximum Gasteiger partial charge on any atom is 0.336 e. The minimum Gasteiger partial charge on any atom is -0.508 e. The van der Waals surface area contributed by atoms with Gasteiger partial charge < -0.3 is 55.2 Å². The van der Waals surface area contributed by atoms with E-state index in [-0.39, 0.29) is 63.8 Å². The third-order valence-electron chi connectivity index (χ3n) is 13.1. The Morgan fingerprint density at radius 1 is 0.636 bits per heavy atom. The van der Waals surface area contributed by atoms with Crippen molar-refractivity contribution in [2.75, 3.05) is 5.75 Å². The zero-order chi connectivity index (χ0) is 64.1. The van der Waals surface area contributed by atoms with Gasteiger partial charge in [0.15, 0.2) is 10.9 Å². The average Bonchev–Trinajstić information content (AvgIpc) is 2.29. The standard InChI is InChI=1S/C21H11NO5S.C20H12O5.C10H16N2O3S.C7H4N2O6.C2H4O2/c23-12-2-5-15-18(8-12)27-19-9-13(24)3-6-16(19)20(15)14-4-1-11(22-10-28)7-17(14)21(25)26;21-11-5-7-15-17(9-11)25-18-10-12(22)6-8-16(18)19(15)13-3-1-2-4-14(13)20(23)24;13-8(14)4-2-1-3-7-9-6(5-16-7)11-10(15)12-9;10-7(11)4-1-5(8(12)13)3-6(2-4)9(14)15;1-2(3)4/h1-9,23H,(H,25,26);1-10,21H,(H,23,24);6-7,9H,1-5H2,(H,13,14)(H2,11,12,15);1-3H,(H,10,11);1H3,(H,3,4). The number of fused-ring (bicyclic) bond motifs is 5. The van der Waals surface area contributed by atoms with Crippen LogP contribution < -0.4 is 21.5 Å². The molecule has 26 nitrogen and oxygen atoms in total. The van der Waals surface area contributed by atoms with Gasteiger partial charge in [0.25, 0.3) is 17.3 Å². The SMILES string of the molecule is CC(=O)O.O=C(O)CCCCC1SCC2NC(=O)NC21.O=C(O)c1cc(N=C=S)ccc1-c1c2ccc(=O)cc-2oc2cc(O)ccc12.O=C(O)c1cc([N+](=O)[O-])cc([N+](=O)[O-])c1.O=C(O)c1ccccc1-c1c2ccc(=O)cc-2oc2cc(O)ccc12. The number of amides is 2. The fourth-order valence-electron chi connectivity index (χ4n) is 9.43. The average molecular weight is 1240 g/mol. The number of nitro groups is 2. The van der Waals surface area contributed by atoms with E-state index in [0.29, 0.717) is 78.1 Å². The van der Waals surface area contributed by atoms with Crippen molar-refractivity contribution in [2.45, 2.75) is 49.9 Å². The van der Waals surface area contributed by atoms with Crippen molar-refractivity contribution < 1.29 is 83.2 Å². The van der Waals surface area contributed by atoms with E-state index in [4.69, 9.17) is 28.9 Å². The quantitative estimate of drug-likeness (QED) is 0.00984. The van der Waals surface area contributed by atoms with Gasteiger partial charge in [-0.05, 0) is 103 Å². The second-order valence-corrected chi connectivity index (χ2v) is 20.5. The topological polar surface area (TPSA) is 427 Å². The Labute approximate surface area is 503 Å². The number of carbonyl (C=O) groups excluding carboxylic acids is 1. The molecule has 88 heavy (non-hydrogen) atoms. The van der Waals surface area contributed by atoms with Gasteiger partial charge in [-0.15, -0.1) is 0 Å². The molecule has 11 rings (SSSR count). The molecule has 5 aromatic carbocycles. The number of hydrogen-bond donors (Lipinski definition) is 9. The Hall–Kier alpha value is -11.4. The summed E-state index contributed by atoms with van der Waals surface area (Å²) in [7, 11) is 0. The molecule has 2 fully saturated rings. The molecule has 4 aliphatic heterocycles. The monoisotopic (exact) mass is 1240 g/mol. The number of nitrogens with one attached hydrogen (secondary N) is 2. The number of nitrogens with zero attached hydrogens (tertiary/aromatic N) is 3. The highest BCUT2D eigenvalue weighted by atomic mass is 32.2. The molecule has 5 aromatic rings. The smallest absolute Gasteiger partial charge is 0.336 e. The summed E-state index contributed by atoms with van der Waals surface area (Å²) in [6.45, 7) is 1.08. The van der Waals surface area contributed by atoms with Gasteiger partial charge in [-0.1, -0.05) is 30.7 Å². The van der Waals surface area contributed by atoms with Gasteiger partial charge in [0.1, 0.15) is 34.2 Å². The number of phenolic OH excluding ortho intramolecular Hbond substituents is 2. The van der Waals surface area contributed by atoms with Crippen molar-refractivity contribution in [3.63, 3.8) is 0 Å². The summed E-state index contributed by atoms with van der Waals surface area (Å²) < 4.78 is 11.5. The van der Waals surface area contributed by atoms with Crippen LogP contribution in [0.1, 0.15) is 63.7 Å². The lowest BCUT2D eigenvalue weighted by Gasteiger charge is -2.16. The van der Waals surface area contributed by atoms with Crippen molar-refractivity contribution in [3.8, 4) is 56.4 Å². The molecule has 0 radical (unpaired) electrons. The number of phenols is 2. The van der Waals surface area contributed by atoms with Gasteiger partial charge in [-0.2, -0.15) is 16.8 Å². The summed E-state index contributed by atoms with van der Waals surface area (Å²) in [6, 6.07) is 31.9. The second-order valence-electron chi connectivity index (χ2n) is 19.1. The maximum absolute atomic E-state index is 11.9. The number of aliphatic carboxylic acids is 2. The number of carboxylic acids is 5. The highest BCUT2D eigenvalue weighted by Crippen LogP contribution is 2.44. The van der Waals surface area contributed by atoms with E-state index in [1.807, 2.05) is 11.8 Å². The van der Waals surface area contributed by atoms with Crippen molar-refractivity contribution in [1.82, 2.24) is 10.6 Å². The number of aromatic hydroxyl groups is 2. The lowest BCUT2D eigenvalue weighted by atomic mass is 9.90. The number of non-ortho nitro benzene ring substituents is 2. The third kappa shape index (κ3) is 15.9. The molecule has 0 aromatic heterocycles. The Balaban J connectivity index is 0.000000169. The Morgan fingerprint density at radius 2 is 1.15 bits per heavy atom. The zero-order valence-electron chi connectivity index (χ0n) is 45.5. The summed E-state index contributed by atoms with van der Waals surface area (Å²) in [6.07, 6.45) is 2.88. The van der Waals surface area contributed by atoms with Crippen LogP contribution in [0.5, 0.6) is 11.5 Å². The van der Waals surface area contributed by atoms with Gasteiger partial charge in [-0.25, -0.2) is 19.2 Å². The molecule has 4 heterocycles. The van der Waals surface area contributed by atoms with E-state index in [0.717, 1.165) is 44.1 Å². The minimum atomic E-state index is -1.46. The van der Waals surface area contributed by atoms with E-state index in [1.54, 1.807) is 54.6 Å². The number of nitro benzene ring substituents is 2. The van der Waals surface area contributed by atoms with Crippen LogP contribution in [0.15, 0.2) is 157 Å². The fourth-order valence-corrected chi connectivity index (χ4v) is 11.1. The van der Waals surface area contributed by atoms with Crippen LogP contribution in [0, 0.1) is 20.2 Å². The predicted octanol–water partition coefficient (Wildman–Crippen LogP) is 10.8. The summed E-state index contributed by atoms with van der Waals surface area (Å²) in [5, 5.41) is 93.7. The lowest BCUT2D eigenvalue weighted by molar-refractivity contribution is -0.394. The lowest BCUT2D eigenvalue weighted by Crippen LogP contribution is -2.36. The molecule has 2 saturated heterocycles. The molecule has 0 saturated carbocycles. The number of thioether (sulfide) groups is 1. The van der Waals surface area contributed by atoms with Crippen LogP contribution in [0.4, 0.5) is 21.9 Å². The number of carboxylic acid groups (broad SMARTS) is 5. The number of benzene rings is 7. The first kappa shape index (κ1) is 64.2. The van der Waals surface area contributed by atoms with Crippen LogP contribution in [-0.2, 0) is 9.59 Å². The van der Waals surface area contributed by atoms with E-state index in [1.165, 1.54) is 60.7 Å². The van der Waals surface area contributed by atoms with Crippen LogP contribution in [0.25, 0.3) is 66.8 Å². The van der Waals surface area contributed by atoms with Gasteiger partial charge in [-0.3, -0.25) is 39.4 Å². The third-order valence-corrected chi connectivity index (χ3v) is 14.7. The van der Waals surface area contributed by atoms with E-state index in [2.05, 4.69) is 33.0 Å². The van der Waals surface area contributed by atoms with Gasteiger partial charge in [0.05, 0.1) is 55.5 Å². The van der Waals surface area contributed by atoms with E-state index in [9.17, 15) is 74.2 Å². The first-order chi connectivity index (χ1) is 41.8. The molecule has 0 spiro atoms. The van der Waals surface area contributed by atoms with Gasteiger partial charge in [0, 0.05) is 93.8 Å². The number of hydrogen-bond acceptors (Lipinski definition) is 19. The summed E-state index contributed by atoms with van der Waals surface area (Å²) in [4.78, 5) is 111. The van der Waals surface area contributed by atoms with E-state index < -0.39 is 56.6 Å². The molecule has 28 heteroatoms. The molecule has 2 aliphatic carbocycles. The van der Waals surface area contributed by atoms with E-state index >= 15 is 0 Å². The van der Waals surface area contributed by atoms with Crippen molar-refractivity contribution in [3.05, 3.63) is 191 Å². The first-order valence-electron chi connectivity index (χ1n) is 25.8. The van der Waals surface area contributed by atoms with Crippen molar-refractivity contribution >= 4 is 104 Å². The molecule has 0 bridgehead atoms. The number of thiocarbonyl (C=S) groups is 1. The molecular formula is C60H47N5O21S2. The summed E-state index contributed by atoms with van der Waals surface area (Å²) in [5.74, 6) is -3.61. The zero-order valence-corrected chi connectivity index (χ0v) is 47.1. The molecule has 2 amide bonds. The second kappa shape index (κ2) is 28.5. The number of isothiocyanates is 1. The number of aliphatic imine (C=N–C) groups is 1. The number of urea groups is 1. The highest BCUT2D eigenvalue weighted by molar-refractivity contribution is 8.00. The molecule has 9 N–H and O–H groups in total. The highest BCUT2D eigenvalue weighted by Gasteiger charge is 2.42. The Kier molecular flexibility index (Phi) is 20.8. The number of rotatable bonds is 13. The fraction of sp³-hybridized carbons (Fsp3) is 0.150. The predicted molar refractivity (Wildman–Crippen MR) is 323 cm³/mol. The first-order valence-corrected chi connectivity index (χ1v) is 27.2. The van der Waals surface area contributed by atoms with Crippen LogP contribution in [0.2, 0.25) is 0 Å². The molecule has 450 valence electrons.